The molecule has 2 aromatic heterocycles. The third-order valence-electron chi connectivity index (χ3n) is 3.45. The smallest absolute Gasteiger partial charge is 0.264 e. The Morgan fingerprint density at radius 3 is 2.57 bits per heavy atom. The van der Waals surface area contributed by atoms with E-state index in [0.29, 0.717) is 12.4 Å². The van der Waals surface area contributed by atoms with Crippen LogP contribution in [0.15, 0.2) is 65.6 Å². The maximum absolute atomic E-state index is 5.84. The molecule has 102 valence electrons. The zero-order valence-corrected chi connectivity index (χ0v) is 11.4. The van der Waals surface area contributed by atoms with Crippen molar-refractivity contribution < 1.29 is 4.42 Å². The first-order valence-electron chi connectivity index (χ1n) is 6.79. The Hall–Kier alpha value is -2.88. The van der Waals surface area contributed by atoms with Crippen LogP contribution in [0, 0.1) is 0 Å². The molecule has 2 aromatic carbocycles. The largest absolute Gasteiger partial charge is 0.434 e. The van der Waals surface area contributed by atoms with E-state index in [9.17, 15) is 0 Å². The van der Waals surface area contributed by atoms with E-state index in [4.69, 9.17) is 4.42 Å². The van der Waals surface area contributed by atoms with Crippen LogP contribution in [-0.4, -0.2) is 14.5 Å². The average molecular weight is 275 g/mol. The summed E-state index contributed by atoms with van der Waals surface area (Å²) < 4.78 is 7.90. The maximum atomic E-state index is 5.84. The first kappa shape index (κ1) is 11.9. The second-order valence-electron chi connectivity index (χ2n) is 4.81. The Kier molecular flexibility index (Phi) is 2.60. The topological polar surface area (TPSA) is 43.9 Å². The molecule has 0 saturated heterocycles. The van der Waals surface area contributed by atoms with Gasteiger partial charge >= 0.3 is 0 Å². The number of aromatic nitrogens is 3. The fourth-order valence-electron chi connectivity index (χ4n) is 2.52. The van der Waals surface area contributed by atoms with Crippen LogP contribution in [0.5, 0.6) is 0 Å². The van der Waals surface area contributed by atoms with E-state index < -0.39 is 0 Å². The molecule has 0 fully saturated rings. The Morgan fingerprint density at radius 2 is 1.76 bits per heavy atom. The third-order valence-corrected chi connectivity index (χ3v) is 3.45. The lowest BCUT2D eigenvalue weighted by atomic mass is 10.3. The van der Waals surface area contributed by atoms with Crippen LogP contribution in [0.4, 0.5) is 0 Å². The van der Waals surface area contributed by atoms with Gasteiger partial charge in [-0.05, 0) is 24.3 Å². The standard InChI is InChI=1S/C17H13N3O/c1-2-11-20-14-9-5-3-7-12(14)18-16(20)17-19-13-8-4-6-10-15(13)21-17/h2-10H,1,11H2. The van der Waals surface area contributed by atoms with Crippen LogP contribution >= 0.6 is 0 Å². The molecule has 0 amide bonds. The molecule has 0 atom stereocenters. The van der Waals surface area contributed by atoms with Gasteiger partial charge in [-0.3, -0.25) is 0 Å². The highest BCUT2D eigenvalue weighted by atomic mass is 16.3. The van der Waals surface area contributed by atoms with Crippen molar-refractivity contribution in [3.8, 4) is 11.7 Å². The summed E-state index contributed by atoms with van der Waals surface area (Å²) in [4.78, 5) is 9.19. The van der Waals surface area contributed by atoms with E-state index in [1.807, 2.05) is 54.6 Å². The van der Waals surface area contributed by atoms with Gasteiger partial charge in [-0.25, -0.2) is 9.97 Å². The van der Waals surface area contributed by atoms with E-state index in [0.717, 1.165) is 28.0 Å². The molecule has 4 nitrogen and oxygen atoms in total. The minimum absolute atomic E-state index is 0.536. The van der Waals surface area contributed by atoms with Crippen molar-refractivity contribution in [2.75, 3.05) is 0 Å². The molecule has 4 rings (SSSR count). The van der Waals surface area contributed by atoms with E-state index in [1.54, 1.807) is 0 Å². The van der Waals surface area contributed by atoms with E-state index in [2.05, 4.69) is 21.1 Å². The van der Waals surface area contributed by atoms with Gasteiger partial charge < -0.3 is 8.98 Å². The summed E-state index contributed by atoms with van der Waals surface area (Å²) in [6.07, 6.45) is 1.85. The highest BCUT2D eigenvalue weighted by Gasteiger charge is 2.16. The van der Waals surface area contributed by atoms with Gasteiger partial charge in [-0.2, -0.15) is 0 Å². The third kappa shape index (κ3) is 1.84. The Morgan fingerprint density at radius 1 is 1.00 bits per heavy atom. The van der Waals surface area contributed by atoms with E-state index in [1.165, 1.54) is 0 Å². The van der Waals surface area contributed by atoms with Gasteiger partial charge in [-0.15, -0.1) is 6.58 Å². The van der Waals surface area contributed by atoms with Crippen molar-refractivity contribution in [2.24, 2.45) is 0 Å². The van der Waals surface area contributed by atoms with Crippen LogP contribution < -0.4 is 0 Å². The number of allylic oxidation sites excluding steroid dienone is 1. The number of rotatable bonds is 3. The molecule has 0 N–H and O–H groups in total. The molecular formula is C17H13N3O. The fraction of sp³-hybridized carbons (Fsp3) is 0.0588. The number of fused-ring (bicyclic) bond motifs is 2. The number of benzene rings is 2. The highest BCUT2D eigenvalue weighted by molar-refractivity contribution is 5.81. The van der Waals surface area contributed by atoms with Gasteiger partial charge in [0.05, 0.1) is 11.0 Å². The van der Waals surface area contributed by atoms with Crippen LogP contribution in [0.1, 0.15) is 0 Å². The molecule has 4 aromatic rings. The molecule has 21 heavy (non-hydrogen) atoms. The van der Waals surface area contributed by atoms with E-state index >= 15 is 0 Å². The fourth-order valence-corrected chi connectivity index (χ4v) is 2.52. The van der Waals surface area contributed by atoms with Crippen LogP contribution in [-0.2, 0) is 6.54 Å². The highest BCUT2D eigenvalue weighted by Crippen LogP contribution is 2.27. The zero-order valence-electron chi connectivity index (χ0n) is 11.4. The van der Waals surface area contributed by atoms with Crippen LogP contribution in [0.3, 0.4) is 0 Å². The van der Waals surface area contributed by atoms with Gasteiger partial charge in [0.25, 0.3) is 5.89 Å². The quantitative estimate of drug-likeness (QED) is 0.530. The second kappa shape index (κ2) is 4.59. The van der Waals surface area contributed by atoms with Crippen molar-refractivity contribution in [1.82, 2.24) is 14.5 Å². The molecule has 0 unspecified atom stereocenters. The van der Waals surface area contributed by atoms with Gasteiger partial charge in [0.15, 0.2) is 11.4 Å². The van der Waals surface area contributed by atoms with Crippen molar-refractivity contribution in [3.05, 3.63) is 61.2 Å². The minimum atomic E-state index is 0.536. The average Bonchev–Trinajstić information content (AvgIpc) is 3.09. The predicted molar refractivity (Wildman–Crippen MR) is 82.9 cm³/mol. The Labute approximate surface area is 121 Å². The van der Waals surface area contributed by atoms with Gasteiger partial charge in [0, 0.05) is 6.54 Å². The molecule has 0 spiro atoms. The van der Waals surface area contributed by atoms with Crippen molar-refractivity contribution >= 4 is 22.1 Å². The molecule has 0 bridgehead atoms. The molecule has 0 aliphatic heterocycles. The lowest BCUT2D eigenvalue weighted by molar-refractivity contribution is 0.607. The number of hydrogen-bond acceptors (Lipinski definition) is 3. The van der Waals surface area contributed by atoms with Crippen molar-refractivity contribution in [2.45, 2.75) is 6.54 Å². The maximum Gasteiger partial charge on any atom is 0.264 e. The summed E-state index contributed by atoms with van der Waals surface area (Å²) in [7, 11) is 0. The van der Waals surface area contributed by atoms with Crippen LogP contribution in [0.25, 0.3) is 33.8 Å². The SMILES string of the molecule is C=CCn1c(-c2nc3ccccc3o2)nc2ccccc21. The number of nitrogens with zero attached hydrogens (tertiary/aromatic N) is 3. The number of oxazole rings is 1. The first-order chi connectivity index (χ1) is 10.4. The lowest BCUT2D eigenvalue weighted by Gasteiger charge is -2.02. The Balaban J connectivity index is 2.00. The van der Waals surface area contributed by atoms with Crippen molar-refractivity contribution in [3.63, 3.8) is 0 Å². The lowest BCUT2D eigenvalue weighted by Crippen LogP contribution is -1.98. The molecule has 0 aliphatic rings. The molecule has 0 saturated carbocycles. The number of hydrogen-bond donors (Lipinski definition) is 0. The first-order valence-corrected chi connectivity index (χ1v) is 6.79. The molecule has 0 radical (unpaired) electrons. The summed E-state index contributed by atoms with van der Waals surface area (Å²) in [6.45, 7) is 4.48. The molecule has 4 heteroatoms. The summed E-state index contributed by atoms with van der Waals surface area (Å²) in [5.74, 6) is 1.27. The number of imidazole rings is 1. The number of para-hydroxylation sites is 4. The summed E-state index contributed by atoms with van der Waals surface area (Å²) >= 11 is 0. The van der Waals surface area contributed by atoms with Crippen LogP contribution in [0.2, 0.25) is 0 Å². The summed E-state index contributed by atoms with van der Waals surface area (Å²) in [5.41, 5.74) is 3.58. The van der Waals surface area contributed by atoms with Gasteiger partial charge in [0.2, 0.25) is 0 Å². The minimum Gasteiger partial charge on any atom is -0.434 e. The van der Waals surface area contributed by atoms with E-state index in [-0.39, 0.29) is 0 Å². The second-order valence-corrected chi connectivity index (χ2v) is 4.81. The summed E-state index contributed by atoms with van der Waals surface area (Å²) in [5, 5.41) is 0. The zero-order chi connectivity index (χ0) is 14.2. The normalized spacial score (nSPS) is 11.2. The molecule has 0 aliphatic carbocycles. The van der Waals surface area contributed by atoms with Gasteiger partial charge in [-0.1, -0.05) is 30.3 Å². The molecule has 2 heterocycles. The molecular weight excluding hydrogens is 262 g/mol. The monoisotopic (exact) mass is 275 g/mol. The Bertz CT molecular complexity index is 916. The predicted octanol–water partition coefficient (Wildman–Crippen LogP) is 4.03. The van der Waals surface area contributed by atoms with Gasteiger partial charge in [0.1, 0.15) is 5.52 Å². The van der Waals surface area contributed by atoms with Crippen molar-refractivity contribution in [1.29, 1.82) is 0 Å². The summed E-state index contributed by atoms with van der Waals surface area (Å²) in [6, 6.07) is 15.7.